The van der Waals surface area contributed by atoms with Crippen LogP contribution in [0.4, 0.5) is 0 Å². The van der Waals surface area contributed by atoms with Gasteiger partial charge >= 0.3 is 0 Å². The first-order valence-electron chi connectivity index (χ1n) is 13.4. The maximum absolute atomic E-state index is 10.6. The van der Waals surface area contributed by atoms with Crippen LogP contribution in [0.3, 0.4) is 0 Å². The summed E-state index contributed by atoms with van der Waals surface area (Å²) >= 11 is 0. The molecular weight excluding hydrogens is 432 g/mol. The minimum absolute atomic E-state index is 0.249. The number of para-hydroxylation sites is 2. The van der Waals surface area contributed by atoms with Gasteiger partial charge in [0.05, 0.1) is 0 Å². The fourth-order valence-corrected chi connectivity index (χ4v) is 4.42. The van der Waals surface area contributed by atoms with Gasteiger partial charge in [0.2, 0.25) is 0 Å². The van der Waals surface area contributed by atoms with Gasteiger partial charge in [-0.2, -0.15) is 0 Å². The Kier molecular flexibility index (Phi) is 11.5. The van der Waals surface area contributed by atoms with Crippen molar-refractivity contribution in [3.8, 4) is 17.2 Å². The quantitative estimate of drug-likeness (QED) is 0.211. The van der Waals surface area contributed by atoms with Crippen LogP contribution in [0.25, 0.3) is 0 Å². The van der Waals surface area contributed by atoms with Crippen LogP contribution in [0.15, 0.2) is 66.7 Å². The van der Waals surface area contributed by atoms with Crippen molar-refractivity contribution in [2.75, 3.05) is 0 Å². The first-order valence-corrected chi connectivity index (χ1v) is 13.4. The van der Waals surface area contributed by atoms with E-state index in [0.717, 1.165) is 35.5 Å². The molecule has 3 nitrogen and oxygen atoms in total. The van der Waals surface area contributed by atoms with E-state index < -0.39 is 0 Å². The number of rotatable bonds is 16. The predicted molar refractivity (Wildman–Crippen MR) is 145 cm³/mol. The molecule has 3 rings (SSSR count). The number of unbranched alkanes of at least 4 members (excludes halogenated alkanes) is 6. The predicted octanol–water partition coefficient (Wildman–Crippen LogP) is 8.80. The van der Waals surface area contributed by atoms with Gasteiger partial charge in [0.25, 0.3) is 0 Å². The Morgan fingerprint density at radius 1 is 0.543 bits per heavy atom. The van der Waals surface area contributed by atoms with Gasteiger partial charge < -0.3 is 14.6 Å². The molecule has 3 aromatic carbocycles. The molecular formula is C32H42O3. The molecule has 0 aliphatic rings. The van der Waals surface area contributed by atoms with Crippen LogP contribution < -0.4 is 9.47 Å². The lowest BCUT2D eigenvalue weighted by Gasteiger charge is -2.16. The Morgan fingerprint density at radius 2 is 1.06 bits per heavy atom. The SMILES string of the molecule is CCCCCCc1ccccc1OCc1cccc(O)c1COc1ccccc1CCCCCC. The van der Waals surface area contributed by atoms with Gasteiger partial charge in [-0.1, -0.05) is 101 Å². The van der Waals surface area contributed by atoms with E-state index in [4.69, 9.17) is 9.47 Å². The van der Waals surface area contributed by atoms with Crippen molar-refractivity contribution < 1.29 is 14.6 Å². The van der Waals surface area contributed by atoms with Gasteiger partial charge in [0, 0.05) is 5.56 Å². The van der Waals surface area contributed by atoms with Gasteiger partial charge in [0.15, 0.2) is 0 Å². The Morgan fingerprint density at radius 3 is 1.63 bits per heavy atom. The first kappa shape index (κ1) is 26.7. The van der Waals surface area contributed by atoms with Crippen molar-refractivity contribution in [3.05, 3.63) is 89.0 Å². The van der Waals surface area contributed by atoms with Crippen LogP contribution in [-0.2, 0) is 26.1 Å². The summed E-state index contributed by atoms with van der Waals surface area (Å²) in [5, 5.41) is 10.6. The molecule has 0 saturated carbocycles. The summed E-state index contributed by atoms with van der Waals surface area (Å²) in [5.74, 6) is 2.08. The van der Waals surface area contributed by atoms with Crippen LogP contribution in [0.5, 0.6) is 17.2 Å². The average molecular weight is 475 g/mol. The molecule has 3 heteroatoms. The third-order valence-electron chi connectivity index (χ3n) is 6.55. The van der Waals surface area contributed by atoms with Crippen LogP contribution in [0.1, 0.15) is 87.5 Å². The topological polar surface area (TPSA) is 38.7 Å². The highest BCUT2D eigenvalue weighted by Gasteiger charge is 2.12. The summed E-state index contributed by atoms with van der Waals surface area (Å²) in [6.45, 7) is 5.18. The fraction of sp³-hybridized carbons (Fsp3) is 0.438. The van der Waals surface area contributed by atoms with Crippen LogP contribution >= 0.6 is 0 Å². The van der Waals surface area contributed by atoms with Crippen molar-refractivity contribution in [3.63, 3.8) is 0 Å². The number of ether oxygens (including phenoxy) is 2. The second kappa shape index (κ2) is 15.1. The molecule has 0 aliphatic heterocycles. The fourth-order valence-electron chi connectivity index (χ4n) is 4.42. The third kappa shape index (κ3) is 8.65. The van der Waals surface area contributed by atoms with Gasteiger partial charge in [-0.25, -0.2) is 0 Å². The number of phenols is 1. The minimum atomic E-state index is 0.249. The van der Waals surface area contributed by atoms with Crippen molar-refractivity contribution in [2.45, 2.75) is 91.3 Å². The van der Waals surface area contributed by atoms with E-state index in [9.17, 15) is 5.11 Å². The van der Waals surface area contributed by atoms with Crippen LogP contribution in [0.2, 0.25) is 0 Å². The highest BCUT2D eigenvalue weighted by atomic mass is 16.5. The number of aryl methyl sites for hydroxylation is 2. The molecule has 0 heterocycles. The molecule has 0 fully saturated rings. The van der Waals surface area contributed by atoms with E-state index >= 15 is 0 Å². The molecule has 0 aromatic heterocycles. The number of phenolic OH excluding ortho intramolecular Hbond substituents is 1. The van der Waals surface area contributed by atoms with Crippen LogP contribution in [-0.4, -0.2) is 5.11 Å². The molecule has 3 aromatic rings. The standard InChI is InChI=1S/C32H42O3/c1-3-5-7-9-16-26-18-11-13-22-31(26)34-24-28-20-15-21-30(33)29(28)25-35-32-23-14-12-19-27(32)17-10-8-6-4-2/h11-15,18-23,33H,3-10,16-17,24-25H2,1-2H3. The second-order valence-electron chi connectivity index (χ2n) is 9.33. The van der Waals surface area contributed by atoms with Crippen molar-refractivity contribution in [1.29, 1.82) is 0 Å². The Hall–Kier alpha value is -2.94. The van der Waals surface area contributed by atoms with E-state index in [2.05, 4.69) is 38.1 Å². The highest BCUT2D eigenvalue weighted by molar-refractivity contribution is 5.41. The third-order valence-corrected chi connectivity index (χ3v) is 6.55. The molecule has 0 aliphatic carbocycles. The molecule has 0 unspecified atom stereocenters. The zero-order valence-electron chi connectivity index (χ0n) is 21.6. The normalized spacial score (nSPS) is 10.9. The van der Waals surface area contributed by atoms with Crippen LogP contribution in [0, 0.1) is 0 Å². The number of hydrogen-bond donors (Lipinski definition) is 1. The van der Waals surface area contributed by atoms with Crippen molar-refractivity contribution >= 4 is 0 Å². The van der Waals surface area contributed by atoms with E-state index in [1.54, 1.807) is 6.07 Å². The highest BCUT2D eigenvalue weighted by Crippen LogP contribution is 2.28. The van der Waals surface area contributed by atoms with E-state index in [0.29, 0.717) is 13.2 Å². The minimum Gasteiger partial charge on any atom is -0.508 e. The van der Waals surface area contributed by atoms with Crippen molar-refractivity contribution in [1.82, 2.24) is 0 Å². The smallest absolute Gasteiger partial charge is 0.123 e. The van der Waals surface area contributed by atoms with E-state index in [1.165, 1.54) is 62.5 Å². The molecule has 188 valence electrons. The monoisotopic (exact) mass is 474 g/mol. The van der Waals surface area contributed by atoms with Gasteiger partial charge in [-0.15, -0.1) is 0 Å². The summed E-state index contributed by atoms with van der Waals surface area (Å²) in [5.41, 5.74) is 4.22. The maximum Gasteiger partial charge on any atom is 0.123 e. The lowest BCUT2D eigenvalue weighted by molar-refractivity contribution is 0.277. The van der Waals surface area contributed by atoms with Gasteiger partial charge in [0.1, 0.15) is 30.5 Å². The molecule has 0 radical (unpaired) electrons. The lowest BCUT2D eigenvalue weighted by atomic mass is 10.0. The second-order valence-corrected chi connectivity index (χ2v) is 9.33. The molecule has 0 atom stereocenters. The molecule has 0 amide bonds. The lowest BCUT2D eigenvalue weighted by Crippen LogP contribution is -2.06. The molecule has 35 heavy (non-hydrogen) atoms. The molecule has 0 spiro atoms. The first-order chi connectivity index (χ1) is 17.2. The molecule has 0 saturated heterocycles. The average Bonchev–Trinajstić information content (AvgIpc) is 2.88. The largest absolute Gasteiger partial charge is 0.508 e. The number of aromatic hydroxyl groups is 1. The zero-order valence-corrected chi connectivity index (χ0v) is 21.6. The summed E-state index contributed by atoms with van der Waals surface area (Å²) in [4.78, 5) is 0. The Bertz CT molecular complexity index is 1010. The zero-order chi connectivity index (χ0) is 24.7. The Balaban J connectivity index is 1.65. The van der Waals surface area contributed by atoms with E-state index in [1.807, 2.05) is 36.4 Å². The summed E-state index contributed by atoms with van der Waals surface area (Å²) < 4.78 is 12.5. The summed E-state index contributed by atoms with van der Waals surface area (Å²) in [6, 6.07) is 22.2. The summed E-state index contributed by atoms with van der Waals surface area (Å²) in [6.07, 6.45) is 11.9. The van der Waals surface area contributed by atoms with Gasteiger partial charge in [-0.3, -0.25) is 0 Å². The number of hydrogen-bond acceptors (Lipinski definition) is 3. The molecule has 1 N–H and O–H groups in total. The number of benzene rings is 3. The summed E-state index contributed by atoms with van der Waals surface area (Å²) in [7, 11) is 0. The molecule has 0 bridgehead atoms. The Labute approximate surface area is 212 Å². The maximum atomic E-state index is 10.6. The van der Waals surface area contributed by atoms with E-state index in [-0.39, 0.29) is 5.75 Å². The van der Waals surface area contributed by atoms with Gasteiger partial charge in [-0.05, 0) is 60.6 Å². The van der Waals surface area contributed by atoms with Crippen molar-refractivity contribution in [2.24, 2.45) is 0 Å².